The fourth-order valence-corrected chi connectivity index (χ4v) is 4.53. The summed E-state index contributed by atoms with van der Waals surface area (Å²) in [4.78, 5) is 27.9. The van der Waals surface area contributed by atoms with E-state index < -0.39 is 23.5 Å². The zero-order valence-corrected chi connectivity index (χ0v) is 21.5. The summed E-state index contributed by atoms with van der Waals surface area (Å²) >= 11 is 0. The van der Waals surface area contributed by atoms with E-state index in [4.69, 9.17) is 9.47 Å². The number of methoxy groups -OCH3 is 1. The fourth-order valence-electron chi connectivity index (χ4n) is 4.53. The van der Waals surface area contributed by atoms with Gasteiger partial charge >= 0.3 is 0 Å². The number of carbonyl (C=O) groups is 2. The summed E-state index contributed by atoms with van der Waals surface area (Å²) in [6.45, 7) is 8.44. The van der Waals surface area contributed by atoms with Crippen molar-refractivity contribution >= 4 is 23.1 Å². The Bertz CT molecular complexity index is 1370. The summed E-state index contributed by atoms with van der Waals surface area (Å²) in [6.07, 6.45) is 0. The number of ketones is 1. The highest BCUT2D eigenvalue weighted by atomic mass is 19.1. The second-order valence-electron chi connectivity index (χ2n) is 9.82. The van der Waals surface area contributed by atoms with E-state index in [9.17, 15) is 19.1 Å². The van der Waals surface area contributed by atoms with Crippen LogP contribution in [0.15, 0.2) is 72.3 Å². The van der Waals surface area contributed by atoms with Gasteiger partial charge in [0.25, 0.3) is 11.7 Å². The highest BCUT2D eigenvalue weighted by molar-refractivity contribution is 6.51. The molecule has 1 amide bonds. The predicted octanol–water partition coefficient (Wildman–Crippen LogP) is 6.16. The molecular weight excluding hydrogens is 473 g/mol. The third-order valence-electron chi connectivity index (χ3n) is 6.32. The monoisotopic (exact) mass is 503 g/mol. The van der Waals surface area contributed by atoms with Crippen LogP contribution in [-0.4, -0.2) is 30.5 Å². The lowest BCUT2D eigenvalue weighted by molar-refractivity contribution is -0.132. The Labute approximate surface area is 215 Å². The second kappa shape index (κ2) is 10.1. The quantitative estimate of drug-likeness (QED) is 0.248. The van der Waals surface area contributed by atoms with Crippen molar-refractivity contribution in [3.05, 3.63) is 94.8 Å². The van der Waals surface area contributed by atoms with E-state index in [2.05, 4.69) is 0 Å². The highest BCUT2D eigenvalue weighted by Gasteiger charge is 2.47. The van der Waals surface area contributed by atoms with E-state index in [-0.39, 0.29) is 22.4 Å². The molecule has 1 N–H and O–H groups in total. The van der Waals surface area contributed by atoms with Crippen LogP contribution in [0.2, 0.25) is 0 Å². The molecule has 7 heteroatoms. The summed E-state index contributed by atoms with van der Waals surface area (Å²) in [5.41, 5.74) is 1.60. The molecule has 192 valence electrons. The molecule has 6 nitrogen and oxygen atoms in total. The molecule has 0 spiro atoms. The van der Waals surface area contributed by atoms with Gasteiger partial charge in [-0.1, -0.05) is 39.0 Å². The molecule has 1 heterocycles. The lowest BCUT2D eigenvalue weighted by atomic mass is 9.84. The number of aliphatic hydroxyl groups excluding tert-OH is 1. The smallest absolute Gasteiger partial charge is 0.300 e. The van der Waals surface area contributed by atoms with Crippen molar-refractivity contribution in [1.82, 2.24) is 0 Å². The summed E-state index contributed by atoms with van der Waals surface area (Å²) in [6, 6.07) is 16.5. The minimum Gasteiger partial charge on any atom is -0.507 e. The van der Waals surface area contributed by atoms with Crippen molar-refractivity contribution in [3.8, 4) is 11.5 Å². The number of hydrogen-bond donors (Lipinski definition) is 1. The van der Waals surface area contributed by atoms with Gasteiger partial charge < -0.3 is 14.6 Å². The molecule has 3 aromatic carbocycles. The van der Waals surface area contributed by atoms with Crippen LogP contribution >= 0.6 is 0 Å². The molecule has 3 aromatic rings. The molecule has 4 rings (SSSR count). The van der Waals surface area contributed by atoms with Crippen molar-refractivity contribution < 1.29 is 28.6 Å². The zero-order valence-electron chi connectivity index (χ0n) is 21.5. The molecule has 1 fully saturated rings. The largest absolute Gasteiger partial charge is 0.507 e. The summed E-state index contributed by atoms with van der Waals surface area (Å²) in [5.74, 6) is -1.30. The molecular formula is C30H30FNO5. The van der Waals surface area contributed by atoms with Gasteiger partial charge in [-0.2, -0.15) is 0 Å². The molecule has 1 saturated heterocycles. The average molecular weight is 504 g/mol. The van der Waals surface area contributed by atoms with Crippen LogP contribution in [0.5, 0.6) is 11.5 Å². The molecule has 0 bridgehead atoms. The SMILES string of the molecule is CCOc1ccc(/C(O)=C2/C(=O)C(=O)N(c3cccc(F)c3)C2c2ccc(OC)cc2)cc1C(C)(C)C. The number of hydrogen-bond acceptors (Lipinski definition) is 5. The van der Waals surface area contributed by atoms with Crippen molar-refractivity contribution in [3.63, 3.8) is 0 Å². The molecule has 0 aliphatic carbocycles. The normalized spacial score (nSPS) is 17.2. The third kappa shape index (κ3) is 4.94. The molecule has 0 saturated carbocycles. The van der Waals surface area contributed by atoms with E-state index in [1.54, 1.807) is 48.5 Å². The van der Waals surface area contributed by atoms with E-state index in [1.165, 1.54) is 30.2 Å². The van der Waals surface area contributed by atoms with Crippen molar-refractivity contribution in [1.29, 1.82) is 0 Å². The van der Waals surface area contributed by atoms with Gasteiger partial charge in [0.05, 0.1) is 25.3 Å². The minimum absolute atomic E-state index is 0.0801. The lowest BCUT2D eigenvalue weighted by Gasteiger charge is -2.26. The number of anilines is 1. The highest BCUT2D eigenvalue weighted by Crippen LogP contribution is 2.43. The Morgan fingerprint density at radius 3 is 2.32 bits per heavy atom. The second-order valence-corrected chi connectivity index (χ2v) is 9.82. The van der Waals surface area contributed by atoms with Gasteiger partial charge in [-0.3, -0.25) is 14.5 Å². The number of carbonyl (C=O) groups excluding carboxylic acids is 2. The molecule has 0 radical (unpaired) electrons. The Balaban J connectivity index is 1.94. The third-order valence-corrected chi connectivity index (χ3v) is 6.32. The van der Waals surface area contributed by atoms with E-state index in [0.717, 1.165) is 5.56 Å². The van der Waals surface area contributed by atoms with Gasteiger partial charge in [0.2, 0.25) is 0 Å². The molecule has 1 aliphatic heterocycles. The van der Waals surface area contributed by atoms with Crippen molar-refractivity contribution in [2.45, 2.75) is 39.2 Å². The number of amides is 1. The first kappa shape index (κ1) is 25.9. The van der Waals surface area contributed by atoms with Crippen LogP contribution in [0.4, 0.5) is 10.1 Å². The first-order valence-corrected chi connectivity index (χ1v) is 12.0. The average Bonchev–Trinajstić information content (AvgIpc) is 3.13. The van der Waals surface area contributed by atoms with Gasteiger partial charge in [0.1, 0.15) is 23.1 Å². The predicted molar refractivity (Wildman–Crippen MR) is 140 cm³/mol. The minimum atomic E-state index is -0.975. The molecule has 1 unspecified atom stereocenters. The number of rotatable bonds is 6. The van der Waals surface area contributed by atoms with Gasteiger partial charge in [-0.15, -0.1) is 0 Å². The standard InChI is InChI=1S/C30H30FNO5/c1-6-37-24-15-12-19(16-23(24)30(2,3)4)27(33)25-26(18-10-13-22(36-5)14-11-18)32(29(35)28(25)34)21-9-7-8-20(31)17-21/h7-17,26,33H,6H2,1-5H3/b27-25-. The van der Waals surface area contributed by atoms with Crippen molar-refractivity contribution in [2.24, 2.45) is 0 Å². The number of nitrogens with zero attached hydrogens (tertiary/aromatic N) is 1. The first-order chi connectivity index (χ1) is 17.6. The number of Topliss-reactive ketones (excluding diaryl/α,β-unsaturated/α-hetero) is 1. The van der Waals surface area contributed by atoms with Gasteiger partial charge in [-0.05, 0) is 66.4 Å². The first-order valence-electron chi connectivity index (χ1n) is 12.0. The Hall–Kier alpha value is -4.13. The van der Waals surface area contributed by atoms with Gasteiger partial charge in [-0.25, -0.2) is 4.39 Å². The summed E-state index contributed by atoms with van der Waals surface area (Å²) in [5, 5.41) is 11.5. The number of halogens is 1. The van der Waals surface area contributed by atoms with Gasteiger partial charge in [0, 0.05) is 16.8 Å². The van der Waals surface area contributed by atoms with E-state index in [0.29, 0.717) is 29.2 Å². The molecule has 37 heavy (non-hydrogen) atoms. The van der Waals surface area contributed by atoms with Crippen LogP contribution in [0, 0.1) is 5.82 Å². The number of ether oxygens (including phenoxy) is 2. The Morgan fingerprint density at radius 1 is 1.03 bits per heavy atom. The maximum absolute atomic E-state index is 14.1. The van der Waals surface area contributed by atoms with Crippen LogP contribution in [-0.2, 0) is 15.0 Å². The number of benzene rings is 3. The zero-order chi connectivity index (χ0) is 26.9. The Kier molecular flexibility index (Phi) is 7.07. The maximum atomic E-state index is 14.1. The maximum Gasteiger partial charge on any atom is 0.300 e. The lowest BCUT2D eigenvalue weighted by Crippen LogP contribution is -2.29. The molecule has 1 atom stereocenters. The van der Waals surface area contributed by atoms with Crippen LogP contribution in [0.1, 0.15) is 50.4 Å². The summed E-state index contributed by atoms with van der Waals surface area (Å²) < 4.78 is 25.2. The summed E-state index contributed by atoms with van der Waals surface area (Å²) in [7, 11) is 1.53. The molecule has 1 aliphatic rings. The Morgan fingerprint density at radius 2 is 1.73 bits per heavy atom. The van der Waals surface area contributed by atoms with Crippen molar-refractivity contribution in [2.75, 3.05) is 18.6 Å². The topological polar surface area (TPSA) is 76.1 Å². The fraction of sp³-hybridized carbons (Fsp3) is 0.267. The van der Waals surface area contributed by atoms with Crippen LogP contribution in [0.25, 0.3) is 5.76 Å². The molecule has 0 aromatic heterocycles. The van der Waals surface area contributed by atoms with Gasteiger partial charge in [0.15, 0.2) is 0 Å². The van der Waals surface area contributed by atoms with Crippen LogP contribution in [0.3, 0.4) is 0 Å². The van der Waals surface area contributed by atoms with E-state index in [1.807, 2.05) is 27.7 Å². The van der Waals surface area contributed by atoms with E-state index >= 15 is 0 Å². The van der Waals surface area contributed by atoms with Crippen LogP contribution < -0.4 is 14.4 Å². The number of aliphatic hydroxyl groups is 1.